The molecule has 2 amide bonds. The smallest absolute Gasteiger partial charge is 0.251 e. The molecule has 2 fully saturated rings. The first-order valence-corrected chi connectivity index (χ1v) is 11.5. The maximum absolute atomic E-state index is 12.9. The van der Waals surface area contributed by atoms with E-state index in [0.29, 0.717) is 30.5 Å². The van der Waals surface area contributed by atoms with Crippen LogP contribution in [0.4, 0.5) is 0 Å². The third-order valence-corrected chi connectivity index (χ3v) is 6.96. The van der Waals surface area contributed by atoms with Crippen molar-refractivity contribution in [2.75, 3.05) is 13.1 Å². The molecule has 0 radical (unpaired) electrons. The summed E-state index contributed by atoms with van der Waals surface area (Å²) >= 11 is 5.90. The van der Waals surface area contributed by atoms with Crippen molar-refractivity contribution in [2.24, 2.45) is 17.1 Å². The SMILES string of the molecule is CC(C)(C(=O)N[C@H]1CCN(NC(=O)[C@H](N)Cc2ccc(Cl)cc2)C1)C1CCCCC1. The number of carbonyl (C=O) groups excluding carboxylic acids is 2. The molecule has 0 spiro atoms. The van der Waals surface area contributed by atoms with Crippen molar-refractivity contribution in [1.82, 2.24) is 15.8 Å². The summed E-state index contributed by atoms with van der Waals surface area (Å²) in [6.45, 7) is 5.45. The van der Waals surface area contributed by atoms with Gasteiger partial charge in [-0.25, -0.2) is 5.01 Å². The van der Waals surface area contributed by atoms with Gasteiger partial charge in [-0.1, -0.05) is 56.8 Å². The highest BCUT2D eigenvalue weighted by molar-refractivity contribution is 6.30. The van der Waals surface area contributed by atoms with Gasteiger partial charge < -0.3 is 11.1 Å². The van der Waals surface area contributed by atoms with Gasteiger partial charge in [0.05, 0.1) is 6.04 Å². The second-order valence-corrected chi connectivity index (χ2v) is 9.81. The predicted octanol–water partition coefficient (Wildman–Crippen LogP) is 3.04. The fourth-order valence-corrected chi connectivity index (χ4v) is 4.69. The normalized spacial score (nSPS) is 21.9. The molecule has 3 rings (SSSR count). The Kier molecular flexibility index (Phi) is 7.77. The van der Waals surface area contributed by atoms with Crippen LogP contribution < -0.4 is 16.5 Å². The van der Waals surface area contributed by atoms with Crippen LogP contribution in [0.3, 0.4) is 0 Å². The van der Waals surface area contributed by atoms with Crippen molar-refractivity contribution in [1.29, 1.82) is 0 Å². The molecular weight excluding hydrogens is 400 g/mol. The van der Waals surface area contributed by atoms with Gasteiger partial charge in [0.25, 0.3) is 5.91 Å². The Morgan fingerprint density at radius 1 is 1.17 bits per heavy atom. The first-order chi connectivity index (χ1) is 14.3. The maximum atomic E-state index is 12.9. The lowest BCUT2D eigenvalue weighted by Gasteiger charge is -2.36. The van der Waals surface area contributed by atoms with E-state index in [2.05, 4.69) is 24.6 Å². The lowest BCUT2D eigenvalue weighted by molar-refractivity contribution is -0.133. The minimum Gasteiger partial charge on any atom is -0.351 e. The number of carbonyl (C=O) groups is 2. The summed E-state index contributed by atoms with van der Waals surface area (Å²) in [7, 11) is 0. The standard InChI is InChI=1S/C23H35ClN4O2/c1-23(2,17-6-4-3-5-7-17)22(30)26-19-12-13-28(15-19)27-21(29)20(25)14-16-8-10-18(24)11-9-16/h8-11,17,19-20H,3-7,12-15,25H2,1-2H3,(H,26,30)(H,27,29)/t19-,20+/m0/s1. The van der Waals surface area contributed by atoms with Crippen molar-refractivity contribution < 1.29 is 9.59 Å². The minimum absolute atomic E-state index is 0.0492. The number of halogens is 1. The highest BCUT2D eigenvalue weighted by Gasteiger charge is 2.38. The summed E-state index contributed by atoms with van der Waals surface area (Å²) in [5.74, 6) is 0.376. The van der Waals surface area contributed by atoms with Crippen molar-refractivity contribution in [2.45, 2.75) is 70.9 Å². The van der Waals surface area contributed by atoms with Gasteiger partial charge in [-0.3, -0.25) is 15.0 Å². The van der Waals surface area contributed by atoms with Crippen LogP contribution in [-0.4, -0.2) is 42.0 Å². The van der Waals surface area contributed by atoms with E-state index in [1.165, 1.54) is 19.3 Å². The molecule has 1 aromatic rings. The lowest BCUT2D eigenvalue weighted by Crippen LogP contribution is -2.51. The molecule has 166 valence electrons. The quantitative estimate of drug-likeness (QED) is 0.615. The van der Waals surface area contributed by atoms with Crippen LogP contribution in [0.5, 0.6) is 0 Å². The molecule has 2 atom stereocenters. The van der Waals surface area contributed by atoms with Crippen LogP contribution in [0.1, 0.15) is 57.9 Å². The van der Waals surface area contributed by atoms with Crippen molar-refractivity contribution in [3.63, 3.8) is 0 Å². The van der Waals surface area contributed by atoms with E-state index < -0.39 is 6.04 Å². The second kappa shape index (κ2) is 10.1. The number of nitrogens with zero attached hydrogens (tertiary/aromatic N) is 1. The monoisotopic (exact) mass is 434 g/mol. The number of rotatable bonds is 7. The molecule has 2 aliphatic rings. The molecule has 0 aromatic heterocycles. The molecule has 1 aliphatic heterocycles. The summed E-state index contributed by atoms with van der Waals surface area (Å²) in [5.41, 5.74) is 9.61. The van der Waals surface area contributed by atoms with Crippen LogP contribution in [-0.2, 0) is 16.0 Å². The van der Waals surface area contributed by atoms with Gasteiger partial charge in [0, 0.05) is 29.6 Å². The molecule has 1 aliphatic carbocycles. The molecule has 7 heteroatoms. The van der Waals surface area contributed by atoms with Crippen LogP contribution in [0.2, 0.25) is 5.02 Å². The van der Waals surface area contributed by atoms with Crippen molar-refractivity contribution in [3.8, 4) is 0 Å². The zero-order valence-corrected chi connectivity index (χ0v) is 18.9. The Labute approximate surface area is 184 Å². The summed E-state index contributed by atoms with van der Waals surface area (Å²) in [6.07, 6.45) is 7.27. The van der Waals surface area contributed by atoms with Gasteiger partial charge in [-0.05, 0) is 49.3 Å². The molecule has 6 nitrogen and oxygen atoms in total. The van der Waals surface area contributed by atoms with E-state index in [1.54, 1.807) is 12.1 Å². The van der Waals surface area contributed by atoms with Gasteiger partial charge in [0.2, 0.25) is 5.91 Å². The van der Waals surface area contributed by atoms with Crippen molar-refractivity contribution in [3.05, 3.63) is 34.9 Å². The van der Waals surface area contributed by atoms with E-state index in [0.717, 1.165) is 24.8 Å². The number of amides is 2. The van der Waals surface area contributed by atoms with Gasteiger partial charge >= 0.3 is 0 Å². The first kappa shape index (κ1) is 23.0. The molecule has 1 saturated carbocycles. The largest absolute Gasteiger partial charge is 0.351 e. The Morgan fingerprint density at radius 3 is 2.50 bits per heavy atom. The van der Waals surface area contributed by atoms with E-state index >= 15 is 0 Å². The van der Waals surface area contributed by atoms with Crippen LogP contribution in [0.15, 0.2) is 24.3 Å². The van der Waals surface area contributed by atoms with Crippen molar-refractivity contribution >= 4 is 23.4 Å². The Bertz CT molecular complexity index is 731. The third-order valence-electron chi connectivity index (χ3n) is 6.71. The average molecular weight is 435 g/mol. The summed E-state index contributed by atoms with van der Waals surface area (Å²) in [4.78, 5) is 25.4. The molecule has 30 heavy (non-hydrogen) atoms. The number of hydrazine groups is 1. The summed E-state index contributed by atoms with van der Waals surface area (Å²) in [5, 5.41) is 5.74. The molecule has 4 N–H and O–H groups in total. The summed E-state index contributed by atoms with van der Waals surface area (Å²) in [6, 6.07) is 6.77. The third kappa shape index (κ3) is 5.96. The number of hydrogen-bond acceptors (Lipinski definition) is 4. The highest BCUT2D eigenvalue weighted by atomic mass is 35.5. The van der Waals surface area contributed by atoms with Gasteiger partial charge in [0.15, 0.2) is 0 Å². The molecule has 1 heterocycles. The maximum Gasteiger partial charge on any atom is 0.251 e. The highest BCUT2D eigenvalue weighted by Crippen LogP contribution is 2.38. The number of nitrogens with two attached hydrogens (primary N) is 1. The van der Waals surface area contributed by atoms with Crippen LogP contribution >= 0.6 is 11.6 Å². The second-order valence-electron chi connectivity index (χ2n) is 9.37. The molecule has 0 unspecified atom stereocenters. The van der Waals surface area contributed by atoms with Gasteiger partial charge in [-0.15, -0.1) is 0 Å². The van der Waals surface area contributed by atoms with E-state index in [1.807, 2.05) is 17.1 Å². The van der Waals surface area contributed by atoms with Crippen LogP contribution in [0.25, 0.3) is 0 Å². The van der Waals surface area contributed by atoms with E-state index in [4.69, 9.17) is 17.3 Å². The van der Waals surface area contributed by atoms with Gasteiger partial charge in [0.1, 0.15) is 0 Å². The lowest BCUT2D eigenvalue weighted by atomic mass is 9.70. The Balaban J connectivity index is 1.44. The average Bonchev–Trinajstić information content (AvgIpc) is 3.17. The molecule has 1 aromatic carbocycles. The summed E-state index contributed by atoms with van der Waals surface area (Å²) < 4.78 is 0. The minimum atomic E-state index is -0.634. The zero-order valence-electron chi connectivity index (χ0n) is 18.1. The fraction of sp³-hybridized carbons (Fsp3) is 0.652. The molecule has 0 bridgehead atoms. The Hall–Kier alpha value is -1.63. The van der Waals surface area contributed by atoms with Crippen LogP contribution in [0, 0.1) is 11.3 Å². The van der Waals surface area contributed by atoms with Gasteiger partial charge in [-0.2, -0.15) is 0 Å². The van der Waals surface area contributed by atoms with E-state index in [9.17, 15) is 9.59 Å². The zero-order chi connectivity index (χ0) is 21.7. The molecular formula is C23H35ClN4O2. The number of nitrogens with one attached hydrogen (secondary N) is 2. The first-order valence-electron chi connectivity index (χ1n) is 11.1. The predicted molar refractivity (Wildman–Crippen MR) is 120 cm³/mol. The number of benzene rings is 1. The number of hydrogen-bond donors (Lipinski definition) is 3. The molecule has 1 saturated heterocycles. The Morgan fingerprint density at radius 2 is 1.83 bits per heavy atom. The fourth-order valence-electron chi connectivity index (χ4n) is 4.57. The van der Waals surface area contributed by atoms with E-state index in [-0.39, 0.29) is 23.3 Å². The topological polar surface area (TPSA) is 87.5 Å².